The Morgan fingerprint density at radius 2 is 1.36 bits per heavy atom. The van der Waals surface area contributed by atoms with Crippen LogP contribution in [0.4, 0.5) is 13.2 Å². The van der Waals surface area contributed by atoms with E-state index in [2.05, 4.69) is 0 Å². The molecule has 0 spiro atoms. The first-order valence-electron chi connectivity index (χ1n) is 6.67. The average molecular weight is 310 g/mol. The lowest BCUT2D eigenvalue weighted by atomic mass is 9.85. The van der Waals surface area contributed by atoms with Crippen molar-refractivity contribution in [1.82, 2.24) is 0 Å². The summed E-state index contributed by atoms with van der Waals surface area (Å²) >= 11 is 0. The molecule has 1 aliphatic rings. The highest BCUT2D eigenvalue weighted by Gasteiger charge is 2.37. The maximum atomic E-state index is 14.4. The number of benzene rings is 1. The van der Waals surface area contributed by atoms with Crippen LogP contribution in [0, 0.1) is 40.1 Å². The second-order valence-corrected chi connectivity index (χ2v) is 5.01. The van der Waals surface area contributed by atoms with Crippen LogP contribution in [-0.4, -0.2) is 25.4 Å². The predicted molar refractivity (Wildman–Crippen MR) is 69.3 cm³/mol. The van der Waals surface area contributed by atoms with Gasteiger partial charge in [0, 0.05) is 11.5 Å². The summed E-state index contributed by atoms with van der Waals surface area (Å²) < 4.78 is 53.3. The van der Waals surface area contributed by atoms with E-state index in [1.54, 1.807) is 13.8 Å². The molecule has 0 radical (unpaired) electrons. The third kappa shape index (κ3) is 2.54. The highest BCUT2D eigenvalue weighted by Crippen LogP contribution is 2.36. The van der Waals surface area contributed by atoms with Crippen molar-refractivity contribution in [3.05, 3.63) is 34.1 Å². The lowest BCUT2D eigenvalue weighted by molar-refractivity contribution is 0.0557. The van der Waals surface area contributed by atoms with Crippen LogP contribution in [0.3, 0.4) is 0 Å². The van der Waals surface area contributed by atoms with E-state index in [9.17, 15) is 13.2 Å². The van der Waals surface area contributed by atoms with Crippen LogP contribution in [0.2, 0.25) is 0 Å². The molecule has 2 unspecified atom stereocenters. The standard InChI is InChI=1S/C15H13F3N2O2/c1-7-11(8(2)22-4-3-21-7)12-9(5-19)13(16)10(6-20)14(17)15(12)18/h7-8,11H,3-4H2,1-2H3. The molecule has 4 nitrogen and oxygen atoms in total. The Bertz CT molecular complexity index is 667. The smallest absolute Gasteiger partial charge is 0.179 e. The van der Waals surface area contributed by atoms with E-state index in [1.807, 2.05) is 0 Å². The fraction of sp³-hybridized carbons (Fsp3) is 0.467. The highest BCUT2D eigenvalue weighted by molar-refractivity contribution is 5.50. The Morgan fingerprint density at radius 3 is 1.82 bits per heavy atom. The van der Waals surface area contributed by atoms with Crippen molar-refractivity contribution in [3.63, 3.8) is 0 Å². The summed E-state index contributed by atoms with van der Waals surface area (Å²) in [4.78, 5) is 0. The second kappa shape index (κ2) is 6.35. The lowest BCUT2D eigenvalue weighted by Gasteiger charge is -2.27. The van der Waals surface area contributed by atoms with Gasteiger partial charge in [-0.2, -0.15) is 10.5 Å². The van der Waals surface area contributed by atoms with Crippen molar-refractivity contribution in [2.24, 2.45) is 0 Å². The minimum absolute atomic E-state index is 0.257. The molecule has 0 aliphatic carbocycles. The fourth-order valence-electron chi connectivity index (χ4n) is 2.72. The number of hydrogen-bond donors (Lipinski definition) is 0. The summed E-state index contributed by atoms with van der Waals surface area (Å²) in [5.74, 6) is -5.23. The van der Waals surface area contributed by atoms with Crippen molar-refractivity contribution in [3.8, 4) is 12.1 Å². The second-order valence-electron chi connectivity index (χ2n) is 5.01. The molecule has 1 aliphatic heterocycles. The molecule has 22 heavy (non-hydrogen) atoms. The summed E-state index contributed by atoms with van der Waals surface area (Å²) in [5.41, 5.74) is -2.24. The van der Waals surface area contributed by atoms with Crippen molar-refractivity contribution in [2.45, 2.75) is 32.0 Å². The zero-order valence-corrected chi connectivity index (χ0v) is 12.0. The number of nitrogens with zero attached hydrogens (tertiary/aromatic N) is 2. The van der Waals surface area contributed by atoms with Gasteiger partial charge in [0.05, 0.1) is 31.0 Å². The van der Waals surface area contributed by atoms with Gasteiger partial charge in [0.2, 0.25) is 0 Å². The van der Waals surface area contributed by atoms with Gasteiger partial charge in [0.25, 0.3) is 0 Å². The molecular formula is C15H13F3N2O2. The molecule has 7 heteroatoms. The number of ether oxygens (including phenoxy) is 2. The predicted octanol–water partition coefficient (Wildman–Crippen LogP) is 2.75. The van der Waals surface area contributed by atoms with Crippen LogP contribution >= 0.6 is 0 Å². The summed E-state index contributed by atoms with van der Waals surface area (Å²) in [6.07, 6.45) is -1.21. The highest BCUT2D eigenvalue weighted by atomic mass is 19.2. The zero-order chi connectivity index (χ0) is 16.4. The van der Waals surface area contributed by atoms with E-state index in [-0.39, 0.29) is 13.2 Å². The van der Waals surface area contributed by atoms with Crippen LogP contribution in [0.1, 0.15) is 36.5 Å². The van der Waals surface area contributed by atoms with Gasteiger partial charge < -0.3 is 9.47 Å². The fourth-order valence-corrected chi connectivity index (χ4v) is 2.72. The number of nitriles is 2. The van der Waals surface area contributed by atoms with Crippen LogP contribution in [-0.2, 0) is 9.47 Å². The Kier molecular flexibility index (Phi) is 4.70. The first kappa shape index (κ1) is 16.3. The molecule has 1 fully saturated rings. The molecule has 1 heterocycles. The lowest BCUT2D eigenvalue weighted by Crippen LogP contribution is -2.29. The van der Waals surface area contributed by atoms with E-state index >= 15 is 0 Å². The maximum Gasteiger partial charge on any atom is 0.179 e. The molecule has 2 atom stereocenters. The molecular weight excluding hydrogens is 297 g/mol. The minimum Gasteiger partial charge on any atom is -0.375 e. The summed E-state index contributed by atoms with van der Waals surface area (Å²) in [7, 11) is 0. The summed E-state index contributed by atoms with van der Waals surface area (Å²) in [5, 5.41) is 17.9. The van der Waals surface area contributed by atoms with Crippen LogP contribution in [0.25, 0.3) is 0 Å². The number of hydrogen-bond acceptors (Lipinski definition) is 4. The Balaban J connectivity index is 2.74. The first-order valence-corrected chi connectivity index (χ1v) is 6.67. The van der Waals surface area contributed by atoms with Gasteiger partial charge in [0.1, 0.15) is 17.7 Å². The average Bonchev–Trinajstić information content (AvgIpc) is 2.65. The maximum absolute atomic E-state index is 14.4. The first-order chi connectivity index (χ1) is 10.4. The van der Waals surface area contributed by atoms with Gasteiger partial charge in [-0.05, 0) is 13.8 Å². The molecule has 1 aromatic rings. The van der Waals surface area contributed by atoms with Crippen molar-refractivity contribution in [2.75, 3.05) is 13.2 Å². The van der Waals surface area contributed by atoms with E-state index in [0.29, 0.717) is 0 Å². The van der Waals surface area contributed by atoms with E-state index < -0.39 is 52.3 Å². The van der Waals surface area contributed by atoms with Gasteiger partial charge in [-0.1, -0.05) is 0 Å². The largest absolute Gasteiger partial charge is 0.375 e. The minimum atomic E-state index is -1.60. The van der Waals surface area contributed by atoms with Crippen molar-refractivity contribution >= 4 is 0 Å². The molecule has 0 N–H and O–H groups in total. The van der Waals surface area contributed by atoms with Crippen LogP contribution < -0.4 is 0 Å². The van der Waals surface area contributed by atoms with Crippen molar-refractivity contribution in [1.29, 1.82) is 10.5 Å². The molecule has 2 rings (SSSR count). The number of rotatable bonds is 1. The van der Waals surface area contributed by atoms with Crippen molar-refractivity contribution < 1.29 is 22.6 Å². The van der Waals surface area contributed by atoms with Crippen LogP contribution in [0.15, 0.2) is 0 Å². The third-order valence-electron chi connectivity index (χ3n) is 3.77. The quantitative estimate of drug-likeness (QED) is 0.748. The molecule has 1 saturated heterocycles. The van der Waals surface area contributed by atoms with Gasteiger partial charge >= 0.3 is 0 Å². The molecule has 0 saturated carbocycles. The Hall–Kier alpha value is -2.09. The van der Waals surface area contributed by atoms with E-state index in [0.717, 1.165) is 0 Å². The Labute approximate surface area is 125 Å². The summed E-state index contributed by atoms with van der Waals surface area (Å²) in [6, 6.07) is 2.76. The molecule has 0 aromatic heterocycles. The monoisotopic (exact) mass is 310 g/mol. The molecule has 1 aromatic carbocycles. The normalized spacial score (nSPS) is 25.1. The molecule has 0 bridgehead atoms. The van der Waals surface area contributed by atoms with Gasteiger partial charge in [-0.15, -0.1) is 0 Å². The van der Waals surface area contributed by atoms with Gasteiger partial charge in [-0.25, -0.2) is 13.2 Å². The van der Waals surface area contributed by atoms with Crippen LogP contribution in [0.5, 0.6) is 0 Å². The summed E-state index contributed by atoms with van der Waals surface area (Å²) in [6.45, 7) is 3.74. The SMILES string of the molecule is CC1OCCOC(C)C1c1c(F)c(F)c(C#N)c(F)c1C#N. The van der Waals surface area contributed by atoms with E-state index in [1.165, 1.54) is 12.1 Å². The van der Waals surface area contributed by atoms with E-state index in [4.69, 9.17) is 20.0 Å². The van der Waals surface area contributed by atoms with Gasteiger partial charge in [-0.3, -0.25) is 0 Å². The Morgan fingerprint density at radius 1 is 0.864 bits per heavy atom. The third-order valence-corrected chi connectivity index (χ3v) is 3.77. The molecule has 0 amide bonds. The molecule has 116 valence electrons. The topological polar surface area (TPSA) is 66.0 Å². The number of halogens is 3. The van der Waals surface area contributed by atoms with Gasteiger partial charge in [0.15, 0.2) is 17.5 Å². The zero-order valence-electron chi connectivity index (χ0n) is 12.0.